The van der Waals surface area contributed by atoms with Crippen LogP contribution in [0.2, 0.25) is 0 Å². The molecule has 1 aromatic carbocycles. The van der Waals surface area contributed by atoms with E-state index in [9.17, 15) is 14.3 Å². The summed E-state index contributed by atoms with van der Waals surface area (Å²) in [7, 11) is 0. The van der Waals surface area contributed by atoms with Gasteiger partial charge in [-0.05, 0) is 66.9 Å². The highest BCUT2D eigenvalue weighted by Gasteiger charge is 2.51. The van der Waals surface area contributed by atoms with Crippen LogP contribution in [0.3, 0.4) is 0 Å². The Morgan fingerprint density at radius 1 is 1.36 bits per heavy atom. The molecule has 1 N–H and O–H groups in total. The Balaban J connectivity index is 1.90. The maximum Gasteiger partial charge on any atom is 0.165 e. The Bertz CT molecular complexity index is 622. The van der Waals surface area contributed by atoms with Crippen LogP contribution < -0.4 is 0 Å². The van der Waals surface area contributed by atoms with Gasteiger partial charge in [-0.25, -0.2) is 4.39 Å². The van der Waals surface area contributed by atoms with E-state index in [1.807, 2.05) is 19.1 Å². The van der Waals surface area contributed by atoms with Gasteiger partial charge >= 0.3 is 0 Å². The summed E-state index contributed by atoms with van der Waals surface area (Å²) in [6.45, 7) is 4.10. The zero-order chi connectivity index (χ0) is 15.9. The second-order valence-corrected chi connectivity index (χ2v) is 7.08. The lowest BCUT2D eigenvalue weighted by Gasteiger charge is -2.49. The fourth-order valence-corrected chi connectivity index (χ4v) is 4.33. The van der Waals surface area contributed by atoms with E-state index in [0.717, 1.165) is 24.0 Å². The molecule has 2 nitrogen and oxygen atoms in total. The summed E-state index contributed by atoms with van der Waals surface area (Å²) in [4.78, 5) is 13.0. The van der Waals surface area contributed by atoms with Crippen LogP contribution in [0.1, 0.15) is 45.1 Å². The molecule has 1 aromatic rings. The van der Waals surface area contributed by atoms with Crippen LogP contribution in [0.15, 0.2) is 29.8 Å². The molecule has 0 aliphatic heterocycles. The van der Waals surface area contributed by atoms with E-state index in [0.29, 0.717) is 12.8 Å². The van der Waals surface area contributed by atoms with E-state index in [1.54, 1.807) is 6.07 Å². The number of carbonyl (C=O) groups excluding carboxylic acids is 1. The third kappa shape index (κ3) is 2.52. The lowest BCUT2D eigenvalue weighted by Crippen LogP contribution is -2.50. The second kappa shape index (κ2) is 5.62. The van der Waals surface area contributed by atoms with Crippen molar-refractivity contribution in [2.24, 2.45) is 17.3 Å². The van der Waals surface area contributed by atoms with Crippen LogP contribution in [-0.2, 0) is 4.79 Å². The molecule has 0 aromatic heterocycles. The van der Waals surface area contributed by atoms with Gasteiger partial charge < -0.3 is 5.11 Å². The van der Waals surface area contributed by atoms with Crippen molar-refractivity contribution in [3.63, 3.8) is 0 Å². The zero-order valence-electron chi connectivity index (χ0n) is 13.2. The molecule has 0 amide bonds. The summed E-state index contributed by atoms with van der Waals surface area (Å²) >= 11 is 0. The van der Waals surface area contributed by atoms with Gasteiger partial charge in [-0.15, -0.1) is 0 Å². The molecule has 2 fully saturated rings. The lowest BCUT2D eigenvalue weighted by atomic mass is 9.55. The number of carbonyl (C=O) groups is 1. The van der Waals surface area contributed by atoms with E-state index in [1.165, 1.54) is 12.1 Å². The van der Waals surface area contributed by atoms with Gasteiger partial charge in [0, 0.05) is 5.41 Å². The fourth-order valence-electron chi connectivity index (χ4n) is 4.33. The van der Waals surface area contributed by atoms with Crippen molar-refractivity contribution in [2.75, 3.05) is 0 Å². The highest BCUT2D eigenvalue weighted by Crippen LogP contribution is 2.52. The van der Waals surface area contributed by atoms with Crippen LogP contribution in [0.4, 0.5) is 4.39 Å². The molecule has 3 heteroatoms. The Kier molecular flexibility index (Phi) is 3.94. The smallest absolute Gasteiger partial charge is 0.165 e. The average molecular weight is 302 g/mol. The predicted molar refractivity (Wildman–Crippen MR) is 84.6 cm³/mol. The van der Waals surface area contributed by atoms with Gasteiger partial charge in [0.1, 0.15) is 5.82 Å². The minimum absolute atomic E-state index is 0.165. The van der Waals surface area contributed by atoms with Gasteiger partial charge in [-0.3, -0.25) is 4.79 Å². The number of hydrogen-bond acceptors (Lipinski definition) is 2. The first kappa shape index (κ1) is 15.4. The molecule has 4 atom stereocenters. The summed E-state index contributed by atoms with van der Waals surface area (Å²) in [5.74, 6) is 0.315. The fraction of sp³-hybridized carbons (Fsp3) is 0.526. The Labute approximate surface area is 131 Å². The molecule has 22 heavy (non-hydrogen) atoms. The van der Waals surface area contributed by atoms with E-state index in [2.05, 4.69) is 6.92 Å². The number of aliphatic hydroxyl groups excluding tert-OH is 1. The summed E-state index contributed by atoms with van der Waals surface area (Å²) in [6.07, 6.45) is 4.60. The molecule has 2 aliphatic carbocycles. The molecule has 0 saturated heterocycles. The quantitative estimate of drug-likeness (QED) is 0.797. The standard InChI is InChI=1S/C19H23FO2/c1-12-16-7-6-14(10-13-4-3-5-15(20)11-13)18(22)19(16,2)9-8-17(12)21/h3-5,10-12,16-17,21H,6-9H2,1-2H3/t12-,16?,17?,19-/m0/s1. The third-order valence-electron chi connectivity index (χ3n) is 5.74. The highest BCUT2D eigenvalue weighted by molar-refractivity contribution is 6.04. The number of allylic oxidation sites excluding steroid dienone is 1. The number of rotatable bonds is 1. The first-order valence-electron chi connectivity index (χ1n) is 8.11. The van der Waals surface area contributed by atoms with Crippen molar-refractivity contribution in [1.82, 2.24) is 0 Å². The normalized spacial score (nSPS) is 37.2. The highest BCUT2D eigenvalue weighted by atomic mass is 19.1. The molecule has 3 rings (SSSR count). The maximum absolute atomic E-state index is 13.3. The topological polar surface area (TPSA) is 37.3 Å². The summed E-state index contributed by atoms with van der Waals surface area (Å²) < 4.78 is 13.3. The van der Waals surface area contributed by atoms with Crippen LogP contribution in [0.25, 0.3) is 6.08 Å². The molecule has 0 bridgehead atoms. The Morgan fingerprint density at radius 3 is 2.86 bits per heavy atom. The number of fused-ring (bicyclic) bond motifs is 1. The molecule has 2 aliphatic rings. The molecule has 0 heterocycles. The first-order chi connectivity index (χ1) is 10.4. The Hall–Kier alpha value is -1.48. The van der Waals surface area contributed by atoms with E-state index in [-0.39, 0.29) is 35.0 Å². The molecular weight excluding hydrogens is 279 g/mol. The van der Waals surface area contributed by atoms with Gasteiger partial charge in [0.2, 0.25) is 0 Å². The van der Waals surface area contributed by atoms with Crippen molar-refractivity contribution in [3.05, 3.63) is 41.2 Å². The molecule has 118 valence electrons. The summed E-state index contributed by atoms with van der Waals surface area (Å²) in [5.41, 5.74) is 1.16. The SMILES string of the molecule is C[C@@H]1C(O)CC[C@]2(C)C(=O)C(=Cc3cccc(F)c3)CCC12. The van der Waals surface area contributed by atoms with Gasteiger partial charge in [0.25, 0.3) is 0 Å². The molecule has 0 spiro atoms. The lowest BCUT2D eigenvalue weighted by molar-refractivity contribution is -0.137. The van der Waals surface area contributed by atoms with Gasteiger partial charge in [0.15, 0.2) is 5.78 Å². The number of ketones is 1. The summed E-state index contributed by atoms with van der Waals surface area (Å²) in [6, 6.07) is 6.36. The van der Waals surface area contributed by atoms with Crippen LogP contribution >= 0.6 is 0 Å². The number of aliphatic hydroxyl groups is 1. The van der Waals surface area contributed by atoms with Gasteiger partial charge in [0.05, 0.1) is 6.10 Å². The maximum atomic E-state index is 13.3. The van der Waals surface area contributed by atoms with Crippen molar-refractivity contribution >= 4 is 11.9 Å². The van der Waals surface area contributed by atoms with Gasteiger partial charge in [-0.1, -0.05) is 26.0 Å². The molecule has 2 unspecified atom stereocenters. The third-order valence-corrected chi connectivity index (χ3v) is 5.74. The van der Waals surface area contributed by atoms with Crippen LogP contribution in [0.5, 0.6) is 0 Å². The van der Waals surface area contributed by atoms with Crippen molar-refractivity contribution in [3.8, 4) is 0 Å². The first-order valence-corrected chi connectivity index (χ1v) is 8.11. The zero-order valence-corrected chi connectivity index (χ0v) is 13.2. The van der Waals surface area contributed by atoms with Crippen molar-refractivity contribution in [1.29, 1.82) is 0 Å². The molecular formula is C19H23FO2. The van der Waals surface area contributed by atoms with E-state index < -0.39 is 0 Å². The number of benzene rings is 1. The second-order valence-electron chi connectivity index (χ2n) is 7.08. The molecule has 0 radical (unpaired) electrons. The summed E-state index contributed by atoms with van der Waals surface area (Å²) in [5, 5.41) is 10.1. The van der Waals surface area contributed by atoms with Gasteiger partial charge in [-0.2, -0.15) is 0 Å². The van der Waals surface area contributed by atoms with Crippen LogP contribution in [0, 0.1) is 23.1 Å². The minimum Gasteiger partial charge on any atom is -0.393 e. The van der Waals surface area contributed by atoms with Crippen molar-refractivity contribution in [2.45, 2.75) is 45.6 Å². The average Bonchev–Trinajstić information content (AvgIpc) is 2.48. The van der Waals surface area contributed by atoms with Crippen molar-refractivity contribution < 1.29 is 14.3 Å². The number of halogens is 1. The predicted octanol–water partition coefficient (Wildman–Crippen LogP) is 3.99. The minimum atomic E-state index is -0.379. The number of Topliss-reactive ketones (excluding diaryl/α,β-unsaturated/α-hetero) is 1. The molecule has 2 saturated carbocycles. The Morgan fingerprint density at radius 2 is 2.14 bits per heavy atom. The monoisotopic (exact) mass is 302 g/mol. The van der Waals surface area contributed by atoms with E-state index >= 15 is 0 Å². The number of hydrogen-bond donors (Lipinski definition) is 1. The van der Waals surface area contributed by atoms with Crippen LogP contribution in [-0.4, -0.2) is 17.0 Å². The van der Waals surface area contributed by atoms with E-state index in [4.69, 9.17) is 0 Å². The largest absolute Gasteiger partial charge is 0.393 e.